The first kappa shape index (κ1) is 19.8. The molecule has 0 N–H and O–H groups in total. The Balaban J connectivity index is 1.54. The van der Waals surface area contributed by atoms with E-state index in [9.17, 15) is 9.59 Å². The zero-order valence-electron chi connectivity index (χ0n) is 17.1. The summed E-state index contributed by atoms with van der Waals surface area (Å²) in [5.41, 5.74) is 2.16. The summed E-state index contributed by atoms with van der Waals surface area (Å²) < 4.78 is 1.59. The smallest absolute Gasteiger partial charge is 0.262 e. The van der Waals surface area contributed by atoms with Crippen LogP contribution in [0.15, 0.2) is 41.5 Å². The summed E-state index contributed by atoms with van der Waals surface area (Å²) >= 11 is 1.55. The fourth-order valence-electron chi connectivity index (χ4n) is 4.22. The van der Waals surface area contributed by atoms with E-state index in [4.69, 9.17) is 0 Å². The third-order valence-electron chi connectivity index (χ3n) is 5.98. The van der Waals surface area contributed by atoms with Gasteiger partial charge in [-0.25, -0.2) is 4.98 Å². The molecule has 1 aliphatic heterocycles. The maximum atomic E-state index is 13.1. The number of carbonyl (C=O) groups is 1. The second kappa shape index (κ2) is 8.49. The highest BCUT2D eigenvalue weighted by molar-refractivity contribution is 7.18. The lowest BCUT2D eigenvalue weighted by Gasteiger charge is -2.30. The number of thiophene rings is 1. The maximum absolute atomic E-state index is 13.1. The second-order valence-corrected chi connectivity index (χ2v) is 9.02. The molecule has 0 saturated carbocycles. The average molecular weight is 410 g/mol. The molecule has 3 heterocycles. The molecule has 152 valence electrons. The van der Waals surface area contributed by atoms with Crippen LogP contribution < -0.4 is 5.56 Å². The van der Waals surface area contributed by atoms with E-state index in [2.05, 4.69) is 17.1 Å². The standard InChI is InChI=1S/C23H27N3O2S/c1-16-17(2)29-22-21(16)23(28)25(15-24-22)14-12-20(27)26-13-8-4-7-11-19(26)18-9-5-3-6-10-18/h3,5-6,9-10,15,19H,4,7-8,11-14H2,1-2H3. The van der Waals surface area contributed by atoms with Crippen molar-refractivity contribution in [2.24, 2.45) is 0 Å². The highest BCUT2D eigenvalue weighted by atomic mass is 32.1. The van der Waals surface area contributed by atoms with Gasteiger partial charge in [0, 0.05) is 24.4 Å². The summed E-state index contributed by atoms with van der Waals surface area (Å²) in [4.78, 5) is 34.4. The van der Waals surface area contributed by atoms with Gasteiger partial charge < -0.3 is 4.90 Å². The van der Waals surface area contributed by atoms with Crippen LogP contribution in [0.4, 0.5) is 0 Å². The molecule has 0 spiro atoms. The van der Waals surface area contributed by atoms with Crippen molar-refractivity contribution in [2.45, 2.75) is 58.5 Å². The quantitative estimate of drug-likeness (QED) is 0.632. The lowest BCUT2D eigenvalue weighted by atomic mass is 10.0. The van der Waals surface area contributed by atoms with E-state index in [1.165, 1.54) is 5.56 Å². The molecule has 6 heteroatoms. The van der Waals surface area contributed by atoms with Crippen molar-refractivity contribution in [3.8, 4) is 0 Å². The number of amides is 1. The molecule has 1 fully saturated rings. The number of hydrogen-bond donors (Lipinski definition) is 0. The van der Waals surface area contributed by atoms with Gasteiger partial charge in [-0.3, -0.25) is 14.2 Å². The fourth-order valence-corrected chi connectivity index (χ4v) is 5.21. The van der Waals surface area contributed by atoms with Gasteiger partial charge in [-0.05, 0) is 37.8 Å². The zero-order valence-corrected chi connectivity index (χ0v) is 17.9. The van der Waals surface area contributed by atoms with E-state index in [-0.39, 0.29) is 17.5 Å². The molecule has 3 aromatic rings. The summed E-state index contributed by atoms with van der Waals surface area (Å²) in [6.45, 7) is 5.13. The molecule has 1 unspecified atom stereocenters. The Morgan fingerprint density at radius 3 is 2.76 bits per heavy atom. The lowest BCUT2D eigenvalue weighted by molar-refractivity contribution is -0.133. The number of hydrogen-bond acceptors (Lipinski definition) is 4. The van der Waals surface area contributed by atoms with Crippen LogP contribution in [0.1, 0.15) is 54.1 Å². The first-order valence-corrected chi connectivity index (χ1v) is 11.2. The van der Waals surface area contributed by atoms with Gasteiger partial charge in [0.15, 0.2) is 0 Å². The first-order chi connectivity index (χ1) is 14.1. The predicted octanol–water partition coefficient (Wildman–Crippen LogP) is 4.61. The summed E-state index contributed by atoms with van der Waals surface area (Å²) in [5.74, 6) is 0.117. The topological polar surface area (TPSA) is 55.2 Å². The Labute approximate surface area is 175 Å². The molecule has 1 aromatic carbocycles. The molecule has 5 nitrogen and oxygen atoms in total. The van der Waals surface area contributed by atoms with Crippen molar-refractivity contribution in [3.63, 3.8) is 0 Å². The number of carbonyl (C=O) groups excluding carboxylic acids is 1. The fraction of sp³-hybridized carbons (Fsp3) is 0.435. The Kier molecular flexibility index (Phi) is 5.81. The number of benzene rings is 1. The van der Waals surface area contributed by atoms with E-state index < -0.39 is 0 Å². The summed E-state index contributed by atoms with van der Waals surface area (Å²) in [6.07, 6.45) is 6.24. The number of fused-ring (bicyclic) bond motifs is 1. The molecule has 1 saturated heterocycles. The molecular formula is C23H27N3O2S. The molecule has 0 bridgehead atoms. The minimum Gasteiger partial charge on any atom is -0.336 e. The van der Waals surface area contributed by atoms with E-state index in [1.807, 2.05) is 36.9 Å². The largest absolute Gasteiger partial charge is 0.336 e. The van der Waals surface area contributed by atoms with Crippen LogP contribution in [0.5, 0.6) is 0 Å². The third-order valence-corrected chi connectivity index (χ3v) is 7.10. The Morgan fingerprint density at radius 1 is 1.17 bits per heavy atom. The van der Waals surface area contributed by atoms with Gasteiger partial charge in [0.05, 0.1) is 17.8 Å². The summed E-state index contributed by atoms with van der Waals surface area (Å²) in [5, 5.41) is 0.694. The van der Waals surface area contributed by atoms with Crippen molar-refractivity contribution >= 4 is 27.5 Å². The summed E-state index contributed by atoms with van der Waals surface area (Å²) in [7, 11) is 0. The Bertz CT molecular complexity index is 1070. The molecular weight excluding hydrogens is 382 g/mol. The molecule has 1 amide bonds. The van der Waals surface area contributed by atoms with Crippen LogP contribution in [-0.2, 0) is 11.3 Å². The van der Waals surface area contributed by atoms with Crippen molar-refractivity contribution in [3.05, 3.63) is 63.0 Å². The van der Waals surface area contributed by atoms with Crippen LogP contribution in [0, 0.1) is 13.8 Å². The normalized spacial score (nSPS) is 17.4. The maximum Gasteiger partial charge on any atom is 0.262 e. The number of aromatic nitrogens is 2. The SMILES string of the molecule is Cc1sc2ncn(CCC(=O)N3CCCCCC3c3ccccc3)c(=O)c2c1C. The van der Waals surface area contributed by atoms with Gasteiger partial charge in [-0.15, -0.1) is 11.3 Å². The van der Waals surface area contributed by atoms with Gasteiger partial charge in [0.2, 0.25) is 5.91 Å². The van der Waals surface area contributed by atoms with Crippen molar-refractivity contribution in [1.82, 2.24) is 14.5 Å². The Hall–Kier alpha value is -2.47. The van der Waals surface area contributed by atoms with Crippen molar-refractivity contribution in [1.29, 1.82) is 0 Å². The molecule has 0 aliphatic carbocycles. The van der Waals surface area contributed by atoms with E-state index in [0.29, 0.717) is 18.4 Å². The lowest BCUT2D eigenvalue weighted by Crippen LogP contribution is -2.36. The number of nitrogens with zero attached hydrogens (tertiary/aromatic N) is 3. The molecule has 0 radical (unpaired) electrons. The van der Waals surface area contributed by atoms with Gasteiger partial charge in [0.25, 0.3) is 5.56 Å². The van der Waals surface area contributed by atoms with Crippen LogP contribution in [0.2, 0.25) is 0 Å². The molecule has 29 heavy (non-hydrogen) atoms. The number of aryl methyl sites for hydroxylation is 3. The predicted molar refractivity (Wildman–Crippen MR) is 117 cm³/mol. The highest BCUT2D eigenvalue weighted by Crippen LogP contribution is 2.30. The van der Waals surface area contributed by atoms with Crippen molar-refractivity contribution in [2.75, 3.05) is 6.54 Å². The molecule has 2 aromatic heterocycles. The van der Waals surface area contributed by atoms with Gasteiger partial charge in [-0.2, -0.15) is 0 Å². The molecule has 4 rings (SSSR count). The highest BCUT2D eigenvalue weighted by Gasteiger charge is 2.26. The zero-order chi connectivity index (χ0) is 20.4. The van der Waals surface area contributed by atoms with E-state index in [0.717, 1.165) is 47.5 Å². The first-order valence-electron chi connectivity index (χ1n) is 10.4. The van der Waals surface area contributed by atoms with Gasteiger partial charge in [-0.1, -0.05) is 43.2 Å². The Morgan fingerprint density at radius 2 is 1.97 bits per heavy atom. The van der Waals surface area contributed by atoms with E-state index in [1.54, 1.807) is 22.2 Å². The average Bonchev–Trinajstić information content (AvgIpc) is 2.90. The van der Waals surface area contributed by atoms with Gasteiger partial charge in [0.1, 0.15) is 4.83 Å². The molecule has 1 atom stereocenters. The van der Waals surface area contributed by atoms with Crippen molar-refractivity contribution < 1.29 is 4.79 Å². The number of likely N-dealkylation sites (tertiary alicyclic amines) is 1. The minimum absolute atomic E-state index is 0.0416. The monoisotopic (exact) mass is 409 g/mol. The summed E-state index contributed by atoms with van der Waals surface area (Å²) in [6, 6.07) is 10.4. The third kappa shape index (κ3) is 3.99. The van der Waals surface area contributed by atoms with Gasteiger partial charge >= 0.3 is 0 Å². The number of rotatable bonds is 4. The van der Waals surface area contributed by atoms with Crippen LogP contribution in [0.3, 0.4) is 0 Å². The minimum atomic E-state index is -0.0416. The van der Waals surface area contributed by atoms with Crippen LogP contribution >= 0.6 is 11.3 Å². The van der Waals surface area contributed by atoms with E-state index >= 15 is 0 Å². The second-order valence-electron chi connectivity index (χ2n) is 7.82. The van der Waals surface area contributed by atoms with Crippen LogP contribution in [-0.4, -0.2) is 26.9 Å². The van der Waals surface area contributed by atoms with Crippen LogP contribution in [0.25, 0.3) is 10.2 Å². The molecule has 1 aliphatic rings.